The van der Waals surface area contributed by atoms with Crippen LogP contribution < -0.4 is 25.5 Å². The van der Waals surface area contributed by atoms with Crippen molar-refractivity contribution in [3.05, 3.63) is 0 Å². The summed E-state index contributed by atoms with van der Waals surface area (Å²) < 4.78 is 21.5. The van der Waals surface area contributed by atoms with E-state index >= 15 is 0 Å². The van der Waals surface area contributed by atoms with Crippen molar-refractivity contribution < 1.29 is 116 Å². The predicted octanol–water partition coefficient (Wildman–Crippen LogP) is -6.56. The van der Waals surface area contributed by atoms with Crippen LogP contribution in [-0.2, 0) is 90.2 Å². The van der Waals surface area contributed by atoms with E-state index in [-0.39, 0.29) is 83.7 Å². The molecule has 21 heteroatoms. The summed E-state index contributed by atoms with van der Waals surface area (Å²) in [6, 6.07) is 0. The molecule has 0 aliphatic heterocycles. The van der Waals surface area contributed by atoms with Crippen LogP contribution in [0.15, 0.2) is 0 Å². The van der Waals surface area contributed by atoms with Crippen LogP contribution >= 0.6 is 0 Å². The van der Waals surface area contributed by atoms with Crippen molar-refractivity contribution in [2.24, 2.45) is 0 Å². The van der Waals surface area contributed by atoms with Gasteiger partial charge in [-0.2, -0.15) is 0 Å². The number of ether oxygens (including phenoxy) is 5. The van der Waals surface area contributed by atoms with Gasteiger partial charge in [0, 0.05) is 96.6 Å². The molecular weight excluding hydrogens is 671 g/mol. The summed E-state index contributed by atoms with van der Waals surface area (Å²) in [7, 11) is 0. The zero-order valence-corrected chi connectivity index (χ0v) is 27.1. The van der Waals surface area contributed by atoms with Crippen LogP contribution in [0.1, 0.15) is 66.7 Å². The fourth-order valence-electron chi connectivity index (χ4n) is 1.39. The Hall–Kier alpha value is -4.72. The van der Waals surface area contributed by atoms with Gasteiger partial charge >= 0.3 is 48.4 Å². The molecule has 0 saturated carbocycles. The Kier molecular flexibility index (Phi) is 44.8. The Labute approximate surface area is 275 Å². The van der Waals surface area contributed by atoms with E-state index in [4.69, 9.17) is 0 Å². The number of carbonyl (C=O) groups is 10. The zero-order valence-electron chi connectivity index (χ0n) is 25.7. The molecule has 0 aliphatic rings. The maximum atomic E-state index is 9.99. The number of hydrogen-bond acceptors (Lipinski definition) is 20. The van der Waals surface area contributed by atoms with Gasteiger partial charge in [0.25, 0.3) is 0 Å². The van der Waals surface area contributed by atoms with Gasteiger partial charge in [0.05, 0.1) is 33.0 Å². The number of hydrogen-bond donors (Lipinski definition) is 0. The smallest absolute Gasteiger partial charge is 0.550 e. The third kappa shape index (κ3) is 90.1. The minimum atomic E-state index is -1.21. The van der Waals surface area contributed by atoms with Crippen LogP contribution in [0.25, 0.3) is 0 Å². The van der Waals surface area contributed by atoms with Crippen molar-refractivity contribution >= 4 is 59.7 Å². The van der Waals surface area contributed by atoms with Gasteiger partial charge < -0.3 is 73.2 Å². The van der Waals surface area contributed by atoms with E-state index in [2.05, 4.69) is 23.7 Å². The van der Waals surface area contributed by atoms with E-state index in [0.29, 0.717) is 0 Å². The molecule has 20 nitrogen and oxygen atoms in total. The Balaban J connectivity index is -0.000000108. The minimum Gasteiger partial charge on any atom is -0.550 e. The molecule has 0 amide bonds. The Bertz CT molecular complexity index is 702. The van der Waals surface area contributed by atoms with Crippen LogP contribution in [0.3, 0.4) is 0 Å². The van der Waals surface area contributed by atoms with Gasteiger partial charge in [-0.15, -0.1) is 0 Å². The van der Waals surface area contributed by atoms with E-state index in [1.807, 2.05) is 0 Å². The van der Waals surface area contributed by atoms with Crippen LogP contribution in [0, 0.1) is 0 Å². The molecule has 0 aromatic rings. The maximum Gasteiger partial charge on any atom is 5.00 e. The van der Waals surface area contributed by atoms with Crippen molar-refractivity contribution in [2.45, 2.75) is 66.7 Å². The monoisotopic (exact) mass is 706 g/mol. The summed E-state index contributed by atoms with van der Waals surface area (Å²) in [5.74, 6) is -8.44. The standard InChI is InChI=1S/5C5H8O4.V/c5*1-4(6)9-3-2-5(7)8;/h5*2-3H2,1H3,(H,7,8);/q;;;;;+5/p-5. The number of carbonyl (C=O) groups excluding carboxylic acids is 10. The molecule has 0 fully saturated rings. The molecule has 0 rings (SSSR count). The summed E-state index contributed by atoms with van der Waals surface area (Å²) in [4.78, 5) is 98.3. The molecule has 0 spiro atoms. The van der Waals surface area contributed by atoms with E-state index < -0.39 is 59.7 Å². The molecule has 0 unspecified atom stereocenters. The molecule has 0 aliphatic carbocycles. The van der Waals surface area contributed by atoms with Gasteiger partial charge in [0.15, 0.2) is 0 Å². The van der Waals surface area contributed by atoms with Crippen molar-refractivity contribution in [3.63, 3.8) is 0 Å². The molecule has 0 aromatic heterocycles. The first kappa shape index (κ1) is 53.8. The number of carboxylic acids is 5. The van der Waals surface area contributed by atoms with Gasteiger partial charge in [0.2, 0.25) is 0 Å². The fourth-order valence-corrected chi connectivity index (χ4v) is 1.39. The second kappa shape index (κ2) is 38.3. The van der Waals surface area contributed by atoms with E-state index in [9.17, 15) is 73.5 Å². The third-order valence-electron chi connectivity index (χ3n) is 3.06. The van der Waals surface area contributed by atoms with Crippen molar-refractivity contribution in [1.82, 2.24) is 0 Å². The Morgan fingerprint density at radius 2 is 0.435 bits per heavy atom. The number of rotatable bonds is 15. The summed E-state index contributed by atoms with van der Waals surface area (Å²) in [5, 5.41) is 48.4. The van der Waals surface area contributed by atoms with Gasteiger partial charge in [0.1, 0.15) is 0 Å². The molecule has 0 saturated heterocycles. The SMILES string of the molecule is CC(=O)OCCC(=O)[O-].CC(=O)OCCC(=O)[O-].CC(=O)OCCC(=O)[O-].CC(=O)OCCC(=O)[O-].CC(=O)OCCC(=O)[O-].[V+5]. The van der Waals surface area contributed by atoms with E-state index in [1.165, 1.54) is 34.6 Å². The first-order valence-electron chi connectivity index (χ1n) is 12.3. The van der Waals surface area contributed by atoms with Gasteiger partial charge in [-0.05, 0) is 0 Å². The van der Waals surface area contributed by atoms with Crippen molar-refractivity contribution in [2.75, 3.05) is 33.0 Å². The quantitative estimate of drug-likeness (QED) is 0.113. The molecule has 0 bridgehead atoms. The number of aliphatic carboxylic acids is 5. The van der Waals surface area contributed by atoms with Crippen molar-refractivity contribution in [3.8, 4) is 0 Å². The molecular formula is C25H35O20V. The van der Waals surface area contributed by atoms with Crippen LogP contribution in [0.2, 0.25) is 0 Å². The largest absolute Gasteiger partial charge is 5.00 e. The third-order valence-corrected chi connectivity index (χ3v) is 3.06. The van der Waals surface area contributed by atoms with Gasteiger partial charge in [-0.3, -0.25) is 24.0 Å². The van der Waals surface area contributed by atoms with E-state index in [0.717, 1.165) is 0 Å². The normalized spacial score (nSPS) is 8.37. The second-order valence-electron chi connectivity index (χ2n) is 7.31. The Morgan fingerprint density at radius 3 is 0.500 bits per heavy atom. The topological polar surface area (TPSA) is 332 Å². The van der Waals surface area contributed by atoms with Gasteiger partial charge in [-0.25, -0.2) is 0 Å². The minimum absolute atomic E-state index is 0. The zero-order chi connectivity index (χ0) is 36.4. The first-order valence-corrected chi connectivity index (χ1v) is 12.3. The maximum absolute atomic E-state index is 9.99. The molecule has 260 valence electrons. The molecule has 0 heterocycles. The second-order valence-corrected chi connectivity index (χ2v) is 7.31. The fraction of sp³-hybridized carbons (Fsp3) is 0.600. The first-order chi connectivity index (χ1) is 20.6. The summed E-state index contributed by atoms with van der Waals surface area (Å²) in [5.41, 5.74) is 0. The number of esters is 5. The number of carboxylic acid groups (broad SMARTS) is 5. The predicted molar refractivity (Wildman–Crippen MR) is 131 cm³/mol. The van der Waals surface area contributed by atoms with Crippen LogP contribution in [-0.4, -0.2) is 92.7 Å². The molecule has 0 aromatic carbocycles. The summed E-state index contributed by atoms with van der Waals surface area (Å²) in [6.07, 6.45) is -1.18. The Morgan fingerprint density at radius 1 is 0.326 bits per heavy atom. The van der Waals surface area contributed by atoms with Crippen molar-refractivity contribution in [1.29, 1.82) is 0 Å². The van der Waals surface area contributed by atoms with Crippen LogP contribution in [0.5, 0.6) is 0 Å². The molecule has 0 atom stereocenters. The van der Waals surface area contributed by atoms with Crippen LogP contribution in [0.4, 0.5) is 0 Å². The summed E-state index contributed by atoms with van der Waals surface area (Å²) in [6.45, 7) is 5.59. The molecule has 0 N–H and O–H groups in total. The molecule has 46 heavy (non-hydrogen) atoms. The van der Waals surface area contributed by atoms with Gasteiger partial charge in [-0.1, -0.05) is 0 Å². The average molecular weight is 706 g/mol. The summed E-state index contributed by atoms with van der Waals surface area (Å²) >= 11 is 0. The molecule has 0 radical (unpaired) electrons. The average Bonchev–Trinajstić information content (AvgIpc) is 2.83. The van der Waals surface area contributed by atoms with E-state index in [1.54, 1.807) is 0 Å².